The topological polar surface area (TPSA) is 62.3 Å². The molecular formula is C27H25N3O2S. The van der Waals surface area contributed by atoms with Gasteiger partial charge in [0, 0.05) is 28.8 Å². The highest BCUT2D eigenvalue weighted by Crippen LogP contribution is 2.40. The Labute approximate surface area is 197 Å². The molecule has 5 nitrogen and oxygen atoms in total. The summed E-state index contributed by atoms with van der Waals surface area (Å²) in [7, 11) is 0. The van der Waals surface area contributed by atoms with Crippen LogP contribution in [0.25, 0.3) is 0 Å². The van der Waals surface area contributed by atoms with Crippen molar-refractivity contribution in [1.29, 1.82) is 0 Å². The molecule has 1 unspecified atom stereocenters. The normalized spacial score (nSPS) is 17.0. The largest absolute Gasteiger partial charge is 0.326 e. The van der Waals surface area contributed by atoms with E-state index in [2.05, 4.69) is 34.6 Å². The fourth-order valence-corrected chi connectivity index (χ4v) is 5.32. The van der Waals surface area contributed by atoms with Gasteiger partial charge >= 0.3 is 0 Å². The van der Waals surface area contributed by atoms with Crippen molar-refractivity contribution >= 4 is 35.0 Å². The number of pyridine rings is 1. The van der Waals surface area contributed by atoms with E-state index in [1.165, 1.54) is 0 Å². The molecule has 166 valence electrons. The Morgan fingerprint density at radius 2 is 1.88 bits per heavy atom. The second-order valence-corrected chi connectivity index (χ2v) is 9.44. The number of fused-ring (bicyclic) bond motifs is 2. The molecular weight excluding hydrogens is 430 g/mol. The summed E-state index contributed by atoms with van der Waals surface area (Å²) in [6, 6.07) is 19.1. The van der Waals surface area contributed by atoms with Gasteiger partial charge in [-0.15, -0.1) is 0 Å². The lowest BCUT2D eigenvalue weighted by Gasteiger charge is -2.22. The molecule has 6 heteroatoms. The summed E-state index contributed by atoms with van der Waals surface area (Å²) in [5.74, 6) is 0.345. The summed E-state index contributed by atoms with van der Waals surface area (Å²) < 4.78 is 0. The van der Waals surface area contributed by atoms with Crippen LogP contribution in [0.4, 0.5) is 11.4 Å². The maximum absolute atomic E-state index is 13.5. The number of carbonyl (C=O) groups is 2. The van der Waals surface area contributed by atoms with E-state index in [0.717, 1.165) is 40.4 Å². The predicted molar refractivity (Wildman–Crippen MR) is 131 cm³/mol. The van der Waals surface area contributed by atoms with Crippen molar-refractivity contribution in [1.82, 2.24) is 4.98 Å². The Morgan fingerprint density at radius 3 is 2.70 bits per heavy atom. The van der Waals surface area contributed by atoms with Gasteiger partial charge in [-0.05, 0) is 73.2 Å². The smallest absolute Gasteiger partial charge is 0.258 e. The fraction of sp³-hybridized carbons (Fsp3) is 0.222. The third kappa shape index (κ3) is 4.86. The van der Waals surface area contributed by atoms with Crippen molar-refractivity contribution in [2.45, 2.75) is 42.1 Å². The van der Waals surface area contributed by atoms with Crippen molar-refractivity contribution in [2.75, 3.05) is 10.2 Å². The average Bonchev–Trinajstić information content (AvgIpc) is 3.01. The number of allylic oxidation sites excluding steroid dienone is 2. The summed E-state index contributed by atoms with van der Waals surface area (Å²) >= 11 is 1.59. The molecule has 2 aliphatic rings. The van der Waals surface area contributed by atoms with Gasteiger partial charge in [-0.1, -0.05) is 42.1 Å². The zero-order valence-electron chi connectivity index (χ0n) is 18.2. The molecule has 1 aromatic heterocycles. The Hall–Kier alpha value is -3.38. The Kier molecular flexibility index (Phi) is 6.26. The van der Waals surface area contributed by atoms with E-state index < -0.39 is 0 Å². The van der Waals surface area contributed by atoms with Crippen LogP contribution < -0.4 is 10.2 Å². The van der Waals surface area contributed by atoms with Crippen molar-refractivity contribution in [3.63, 3.8) is 0 Å². The van der Waals surface area contributed by atoms with Crippen LogP contribution in [-0.2, 0) is 11.3 Å². The van der Waals surface area contributed by atoms with Gasteiger partial charge in [-0.3, -0.25) is 9.59 Å². The van der Waals surface area contributed by atoms with Crippen molar-refractivity contribution in [3.05, 3.63) is 90.1 Å². The van der Waals surface area contributed by atoms with Crippen LogP contribution in [0.3, 0.4) is 0 Å². The van der Waals surface area contributed by atoms with Gasteiger partial charge in [0.15, 0.2) is 0 Å². The third-order valence-electron chi connectivity index (χ3n) is 6.06. The predicted octanol–water partition coefficient (Wildman–Crippen LogP) is 6.08. The van der Waals surface area contributed by atoms with Crippen LogP contribution in [-0.4, -0.2) is 16.8 Å². The minimum Gasteiger partial charge on any atom is -0.326 e. The van der Waals surface area contributed by atoms with Crippen LogP contribution in [0.15, 0.2) is 88.9 Å². The molecule has 2 heterocycles. The number of nitrogens with zero attached hydrogens (tertiary/aromatic N) is 2. The first-order valence-electron chi connectivity index (χ1n) is 11.2. The molecule has 0 spiro atoms. The number of rotatable bonds is 4. The van der Waals surface area contributed by atoms with E-state index in [4.69, 9.17) is 0 Å². The summed E-state index contributed by atoms with van der Waals surface area (Å²) in [5.41, 5.74) is 3.18. The maximum atomic E-state index is 13.5. The molecule has 5 rings (SSSR count). The molecule has 1 aliphatic carbocycles. The Bertz CT molecular complexity index is 1210. The van der Waals surface area contributed by atoms with E-state index in [1.54, 1.807) is 47.1 Å². The second-order valence-electron chi connectivity index (χ2n) is 8.41. The SMILES string of the molecule is O=C(CC1CC=CCC1)Nc1ccc(C(=O)N2Cc3ccccc3Sc3ncccc32)cc1. The molecule has 3 aromatic rings. The number of hydrogen-bond donors (Lipinski definition) is 1. The molecule has 0 fully saturated rings. The van der Waals surface area contributed by atoms with Crippen molar-refractivity contribution in [2.24, 2.45) is 5.92 Å². The van der Waals surface area contributed by atoms with Gasteiger partial charge in [0.2, 0.25) is 5.91 Å². The number of amides is 2. The molecule has 33 heavy (non-hydrogen) atoms. The molecule has 0 bridgehead atoms. The molecule has 2 amide bonds. The molecule has 1 aliphatic heterocycles. The van der Waals surface area contributed by atoms with Gasteiger partial charge < -0.3 is 10.2 Å². The molecule has 1 N–H and O–H groups in total. The number of benzene rings is 2. The van der Waals surface area contributed by atoms with Crippen molar-refractivity contribution in [3.8, 4) is 0 Å². The number of hydrogen-bond acceptors (Lipinski definition) is 4. The van der Waals surface area contributed by atoms with E-state index >= 15 is 0 Å². The molecule has 0 saturated heterocycles. The minimum absolute atomic E-state index is 0.0236. The summed E-state index contributed by atoms with van der Waals surface area (Å²) in [6.07, 6.45) is 9.70. The lowest BCUT2D eigenvalue weighted by atomic mass is 9.91. The fourth-order valence-electron chi connectivity index (χ4n) is 4.31. The van der Waals surface area contributed by atoms with Gasteiger partial charge in [-0.2, -0.15) is 0 Å². The zero-order valence-corrected chi connectivity index (χ0v) is 19.1. The van der Waals surface area contributed by atoms with Gasteiger partial charge in [0.05, 0.1) is 12.2 Å². The third-order valence-corrected chi connectivity index (χ3v) is 7.19. The Balaban J connectivity index is 1.33. The van der Waals surface area contributed by atoms with Crippen LogP contribution in [0.2, 0.25) is 0 Å². The monoisotopic (exact) mass is 455 g/mol. The number of aromatic nitrogens is 1. The second kappa shape index (κ2) is 9.63. The first-order valence-corrected chi connectivity index (χ1v) is 12.1. The molecule has 2 aromatic carbocycles. The van der Waals surface area contributed by atoms with E-state index in [-0.39, 0.29) is 11.8 Å². The average molecular weight is 456 g/mol. The van der Waals surface area contributed by atoms with Crippen molar-refractivity contribution < 1.29 is 9.59 Å². The van der Waals surface area contributed by atoms with Crippen LogP contribution in [0.5, 0.6) is 0 Å². The summed E-state index contributed by atoms with van der Waals surface area (Å²) in [4.78, 5) is 33.3. The van der Waals surface area contributed by atoms with Gasteiger partial charge in [0.1, 0.15) is 5.03 Å². The summed E-state index contributed by atoms with van der Waals surface area (Å²) in [5, 5.41) is 3.79. The quantitative estimate of drug-likeness (QED) is 0.485. The zero-order chi connectivity index (χ0) is 22.6. The first kappa shape index (κ1) is 21.5. The first-order chi connectivity index (χ1) is 16.2. The highest BCUT2D eigenvalue weighted by molar-refractivity contribution is 7.99. The lowest BCUT2D eigenvalue weighted by molar-refractivity contribution is -0.117. The van der Waals surface area contributed by atoms with Crippen LogP contribution in [0, 0.1) is 5.92 Å². The van der Waals surface area contributed by atoms with E-state index in [9.17, 15) is 9.59 Å². The minimum atomic E-state index is -0.0894. The standard InChI is InChI=1S/C27H25N3O2S/c31-25(17-19-7-2-1-3-8-19)29-22-14-12-20(13-15-22)27(32)30-18-21-9-4-5-11-24(21)33-26-23(30)10-6-16-28-26/h1-2,4-6,9-16,19H,3,7-8,17-18H2,(H,29,31). The van der Waals surface area contributed by atoms with Gasteiger partial charge in [0.25, 0.3) is 5.91 Å². The number of carbonyl (C=O) groups excluding carboxylic acids is 2. The maximum Gasteiger partial charge on any atom is 0.258 e. The summed E-state index contributed by atoms with van der Waals surface area (Å²) in [6.45, 7) is 0.481. The Morgan fingerprint density at radius 1 is 1.03 bits per heavy atom. The molecule has 1 atom stereocenters. The van der Waals surface area contributed by atoms with E-state index in [0.29, 0.717) is 30.1 Å². The number of nitrogens with one attached hydrogen (secondary N) is 1. The molecule has 0 radical (unpaired) electrons. The highest BCUT2D eigenvalue weighted by Gasteiger charge is 2.26. The lowest BCUT2D eigenvalue weighted by Crippen LogP contribution is -2.30. The van der Waals surface area contributed by atoms with Crippen LogP contribution in [0.1, 0.15) is 41.6 Å². The molecule has 0 saturated carbocycles. The van der Waals surface area contributed by atoms with E-state index in [1.807, 2.05) is 24.3 Å². The van der Waals surface area contributed by atoms with Gasteiger partial charge in [-0.25, -0.2) is 4.98 Å². The highest BCUT2D eigenvalue weighted by atomic mass is 32.2. The number of anilines is 2. The van der Waals surface area contributed by atoms with Crippen LogP contribution >= 0.6 is 11.8 Å².